The molecule has 1 aliphatic heterocycles. The fraction of sp³-hybridized carbons (Fsp3) is 0.650. The molecule has 26 heavy (non-hydrogen) atoms. The Labute approximate surface area is 158 Å². The quantitative estimate of drug-likeness (QED) is 0.399. The molecule has 0 aromatic heterocycles. The third-order valence-electron chi connectivity index (χ3n) is 4.53. The molecule has 2 rings (SSSR count). The summed E-state index contributed by atoms with van der Waals surface area (Å²) in [7, 11) is 1.72. The number of hydrogen-bond donors (Lipinski definition) is 2. The fourth-order valence-corrected chi connectivity index (χ4v) is 3.00. The van der Waals surface area contributed by atoms with E-state index in [0.29, 0.717) is 0 Å². The second-order valence-corrected chi connectivity index (χ2v) is 6.55. The average molecular weight is 363 g/mol. The minimum absolute atomic E-state index is 0.838. The number of guanidine groups is 1. The first kappa shape index (κ1) is 20.5. The Morgan fingerprint density at radius 2 is 2.08 bits per heavy atom. The molecule has 0 unspecified atom stereocenters. The van der Waals surface area contributed by atoms with Crippen LogP contribution in [0.1, 0.15) is 24.5 Å². The number of aryl methyl sites for hydroxylation is 1. The lowest BCUT2D eigenvalue weighted by Gasteiger charge is -2.26. The second-order valence-electron chi connectivity index (χ2n) is 6.55. The lowest BCUT2D eigenvalue weighted by atomic mass is 10.1. The summed E-state index contributed by atoms with van der Waals surface area (Å²) in [5.41, 5.74) is 2.43. The maximum atomic E-state index is 5.40. The van der Waals surface area contributed by atoms with Gasteiger partial charge in [0.2, 0.25) is 0 Å². The Kier molecular flexibility index (Phi) is 9.28. The van der Waals surface area contributed by atoms with Crippen molar-refractivity contribution in [3.8, 4) is 5.75 Å². The predicted octanol–water partition coefficient (Wildman–Crippen LogP) is 1.82. The van der Waals surface area contributed by atoms with E-state index in [1.807, 2.05) is 0 Å². The Morgan fingerprint density at radius 3 is 2.81 bits per heavy atom. The van der Waals surface area contributed by atoms with E-state index >= 15 is 0 Å². The molecule has 1 aliphatic rings. The number of methoxy groups -OCH3 is 1. The molecule has 0 spiro atoms. The fourth-order valence-electron chi connectivity index (χ4n) is 3.00. The van der Waals surface area contributed by atoms with Gasteiger partial charge in [0.25, 0.3) is 0 Å². The van der Waals surface area contributed by atoms with Crippen molar-refractivity contribution < 1.29 is 9.47 Å². The van der Waals surface area contributed by atoms with Gasteiger partial charge in [0.1, 0.15) is 5.75 Å². The van der Waals surface area contributed by atoms with E-state index in [-0.39, 0.29) is 0 Å². The third kappa shape index (κ3) is 7.22. The minimum atomic E-state index is 0.838. The third-order valence-corrected chi connectivity index (χ3v) is 4.53. The highest BCUT2D eigenvalue weighted by atomic mass is 16.5. The van der Waals surface area contributed by atoms with Crippen LogP contribution in [0.5, 0.6) is 5.75 Å². The molecule has 6 nitrogen and oxygen atoms in total. The normalized spacial score (nSPS) is 15.7. The van der Waals surface area contributed by atoms with Crippen LogP contribution in [0.4, 0.5) is 0 Å². The molecule has 1 heterocycles. The van der Waals surface area contributed by atoms with Crippen LogP contribution in [-0.2, 0) is 11.2 Å². The van der Waals surface area contributed by atoms with Crippen LogP contribution >= 0.6 is 0 Å². The van der Waals surface area contributed by atoms with Gasteiger partial charge in [0.15, 0.2) is 5.96 Å². The summed E-state index contributed by atoms with van der Waals surface area (Å²) in [6.45, 7) is 11.6. The molecule has 0 bridgehead atoms. The molecule has 1 fully saturated rings. The van der Waals surface area contributed by atoms with E-state index in [9.17, 15) is 0 Å². The van der Waals surface area contributed by atoms with Crippen LogP contribution in [0.2, 0.25) is 0 Å². The number of hydrogen-bond acceptors (Lipinski definition) is 4. The molecule has 1 aromatic carbocycles. The lowest BCUT2D eigenvalue weighted by Crippen LogP contribution is -2.39. The molecule has 2 N–H and O–H groups in total. The maximum absolute atomic E-state index is 5.40. The maximum Gasteiger partial charge on any atom is 0.191 e. The molecular formula is C20H34N4O2. The summed E-state index contributed by atoms with van der Waals surface area (Å²) in [6.07, 6.45) is 2.01. The van der Waals surface area contributed by atoms with Crippen molar-refractivity contribution in [2.45, 2.75) is 26.7 Å². The minimum Gasteiger partial charge on any atom is -0.496 e. The van der Waals surface area contributed by atoms with Gasteiger partial charge in [-0.25, -0.2) is 0 Å². The van der Waals surface area contributed by atoms with Gasteiger partial charge < -0.3 is 20.1 Å². The number of ether oxygens (including phenoxy) is 2. The molecule has 6 heteroatoms. The summed E-state index contributed by atoms with van der Waals surface area (Å²) < 4.78 is 10.8. The zero-order chi connectivity index (χ0) is 18.6. The summed E-state index contributed by atoms with van der Waals surface area (Å²) in [5, 5.41) is 6.74. The number of rotatable bonds is 9. The number of benzene rings is 1. The Morgan fingerprint density at radius 1 is 1.27 bits per heavy atom. The first-order valence-corrected chi connectivity index (χ1v) is 9.68. The summed E-state index contributed by atoms with van der Waals surface area (Å²) in [4.78, 5) is 7.14. The van der Waals surface area contributed by atoms with Gasteiger partial charge in [-0.1, -0.05) is 12.1 Å². The number of nitrogens with zero attached hydrogens (tertiary/aromatic N) is 2. The van der Waals surface area contributed by atoms with Crippen LogP contribution in [0.15, 0.2) is 23.2 Å². The van der Waals surface area contributed by atoms with Gasteiger partial charge in [-0.3, -0.25) is 9.89 Å². The van der Waals surface area contributed by atoms with E-state index in [1.54, 1.807) is 7.11 Å². The second kappa shape index (κ2) is 11.8. The predicted molar refractivity (Wildman–Crippen MR) is 107 cm³/mol. The van der Waals surface area contributed by atoms with Gasteiger partial charge >= 0.3 is 0 Å². The van der Waals surface area contributed by atoms with Crippen LogP contribution in [-0.4, -0.2) is 70.5 Å². The van der Waals surface area contributed by atoms with Crippen molar-refractivity contribution in [1.29, 1.82) is 0 Å². The largest absolute Gasteiger partial charge is 0.496 e. The van der Waals surface area contributed by atoms with Crippen molar-refractivity contribution in [3.05, 3.63) is 29.3 Å². The van der Waals surface area contributed by atoms with Crippen molar-refractivity contribution in [3.63, 3.8) is 0 Å². The van der Waals surface area contributed by atoms with Crippen LogP contribution in [0.25, 0.3) is 0 Å². The van der Waals surface area contributed by atoms with E-state index in [0.717, 1.165) is 77.0 Å². The first-order chi connectivity index (χ1) is 12.7. The lowest BCUT2D eigenvalue weighted by molar-refractivity contribution is 0.0377. The molecule has 0 amide bonds. The van der Waals surface area contributed by atoms with Crippen molar-refractivity contribution >= 4 is 5.96 Å². The zero-order valence-corrected chi connectivity index (χ0v) is 16.5. The average Bonchev–Trinajstić information content (AvgIpc) is 2.67. The van der Waals surface area contributed by atoms with Crippen LogP contribution < -0.4 is 15.4 Å². The summed E-state index contributed by atoms with van der Waals surface area (Å²) in [5.74, 6) is 1.85. The first-order valence-electron chi connectivity index (χ1n) is 9.68. The van der Waals surface area contributed by atoms with E-state index < -0.39 is 0 Å². The van der Waals surface area contributed by atoms with Crippen molar-refractivity contribution in [2.75, 3.05) is 59.6 Å². The van der Waals surface area contributed by atoms with Gasteiger partial charge in [-0.05, 0) is 43.9 Å². The van der Waals surface area contributed by atoms with Gasteiger partial charge in [0.05, 0.1) is 20.3 Å². The molecule has 0 aliphatic carbocycles. The molecule has 0 saturated carbocycles. The standard InChI is InChI=1S/C20H34N4O2/c1-4-21-20(22-9-5-11-24-12-14-26-15-13-24)23-10-8-18-7-6-17(2)19(16-18)25-3/h6-7,16H,4-5,8-15H2,1-3H3,(H2,21,22,23). The highest BCUT2D eigenvalue weighted by molar-refractivity contribution is 5.79. The topological polar surface area (TPSA) is 58.1 Å². The smallest absolute Gasteiger partial charge is 0.191 e. The molecule has 0 radical (unpaired) electrons. The number of morpholine rings is 1. The van der Waals surface area contributed by atoms with Crippen LogP contribution in [0.3, 0.4) is 0 Å². The van der Waals surface area contributed by atoms with Crippen molar-refractivity contribution in [1.82, 2.24) is 15.5 Å². The SMILES string of the molecule is CCNC(=NCCCN1CCOCC1)NCCc1ccc(C)c(OC)c1. The highest BCUT2D eigenvalue weighted by Crippen LogP contribution is 2.18. The monoisotopic (exact) mass is 362 g/mol. The van der Waals surface area contributed by atoms with E-state index in [2.05, 4.69) is 52.6 Å². The molecule has 1 aromatic rings. The Hall–Kier alpha value is -1.79. The van der Waals surface area contributed by atoms with Gasteiger partial charge in [0, 0.05) is 39.3 Å². The summed E-state index contributed by atoms with van der Waals surface area (Å²) in [6, 6.07) is 6.38. The van der Waals surface area contributed by atoms with E-state index in [4.69, 9.17) is 9.47 Å². The Balaban J connectivity index is 1.72. The molecular weight excluding hydrogens is 328 g/mol. The summed E-state index contributed by atoms with van der Waals surface area (Å²) >= 11 is 0. The van der Waals surface area contributed by atoms with Crippen molar-refractivity contribution in [2.24, 2.45) is 4.99 Å². The zero-order valence-electron chi connectivity index (χ0n) is 16.5. The van der Waals surface area contributed by atoms with Gasteiger partial charge in [-0.15, -0.1) is 0 Å². The number of nitrogens with one attached hydrogen (secondary N) is 2. The number of aliphatic imine (C=N–C) groups is 1. The molecule has 1 saturated heterocycles. The van der Waals surface area contributed by atoms with Gasteiger partial charge in [-0.2, -0.15) is 0 Å². The molecule has 0 atom stereocenters. The molecule has 146 valence electrons. The highest BCUT2D eigenvalue weighted by Gasteiger charge is 2.09. The van der Waals surface area contributed by atoms with Crippen LogP contribution in [0, 0.1) is 6.92 Å². The van der Waals surface area contributed by atoms with E-state index in [1.165, 1.54) is 11.1 Å². The Bertz CT molecular complexity index is 557.